The lowest BCUT2D eigenvalue weighted by atomic mass is 9.82. The van der Waals surface area contributed by atoms with Crippen molar-refractivity contribution in [1.82, 2.24) is 20.2 Å². The number of carbonyl (C=O) groups excluding carboxylic acids is 2. The molecule has 2 atom stereocenters. The molecule has 2 heterocycles. The van der Waals surface area contributed by atoms with E-state index >= 15 is 0 Å². The Hall–Kier alpha value is -3.69. The number of carbonyl (C=O) groups is 2. The minimum absolute atomic E-state index is 0.0701. The molecule has 1 aliphatic rings. The van der Waals surface area contributed by atoms with E-state index < -0.39 is 23.7 Å². The number of aromatic amines is 1. The van der Waals surface area contributed by atoms with Crippen molar-refractivity contribution in [2.45, 2.75) is 57.3 Å². The van der Waals surface area contributed by atoms with Crippen LogP contribution in [0.4, 0.5) is 0 Å². The number of aliphatic hydroxyl groups is 1. The van der Waals surface area contributed by atoms with Gasteiger partial charge in [0.2, 0.25) is 11.8 Å². The molecule has 1 aromatic heterocycles. The number of benzene rings is 2. The Labute approximate surface area is 229 Å². The van der Waals surface area contributed by atoms with Crippen LogP contribution in [0.25, 0.3) is 0 Å². The highest BCUT2D eigenvalue weighted by molar-refractivity contribution is 5.90. The lowest BCUT2D eigenvalue weighted by Crippen LogP contribution is -2.66. The summed E-state index contributed by atoms with van der Waals surface area (Å²) in [6.07, 6.45) is 4.02. The largest absolute Gasteiger partial charge is 0.497 e. The molecule has 0 saturated carbocycles. The summed E-state index contributed by atoms with van der Waals surface area (Å²) in [6.45, 7) is 5.57. The van der Waals surface area contributed by atoms with Crippen molar-refractivity contribution in [3.63, 3.8) is 0 Å². The van der Waals surface area contributed by atoms with Crippen LogP contribution in [0.5, 0.6) is 5.75 Å². The molecule has 208 valence electrons. The van der Waals surface area contributed by atoms with Crippen LogP contribution < -0.4 is 10.1 Å². The highest BCUT2D eigenvalue weighted by Crippen LogP contribution is 2.38. The lowest BCUT2D eigenvalue weighted by molar-refractivity contribution is -0.175. The molecule has 4 rings (SSSR count). The maximum atomic E-state index is 13.8. The third kappa shape index (κ3) is 6.85. The maximum absolute atomic E-state index is 13.8. The quantitative estimate of drug-likeness (QED) is 0.291. The van der Waals surface area contributed by atoms with Crippen LogP contribution in [0.1, 0.15) is 42.1 Å². The van der Waals surface area contributed by atoms with Gasteiger partial charge in [0.25, 0.3) is 0 Å². The number of aliphatic hydroxyl groups excluding tert-OH is 1. The standard InChI is InChI=1S/C30H38N4O5/c1-4-5-14-39-30(25-9-7-6-8-21(25)2)18-34(19-30)29(37)26(15-22-10-12-24(38-3)13-11-22)33-28(36)27(35)16-23-17-31-20-32-23/h6-13,17,20,26-27,35H,4-5,14-16,18-19H2,1-3H3,(H,31,32)(H,33,36)/t26-,27+/m1/s1. The second-order valence-electron chi connectivity index (χ2n) is 10.1. The normalized spacial score (nSPS) is 15.7. The molecular weight excluding hydrogens is 496 g/mol. The maximum Gasteiger partial charge on any atom is 0.249 e. The summed E-state index contributed by atoms with van der Waals surface area (Å²) in [7, 11) is 1.59. The van der Waals surface area contributed by atoms with E-state index in [2.05, 4.69) is 41.3 Å². The van der Waals surface area contributed by atoms with Crippen molar-refractivity contribution in [3.8, 4) is 5.75 Å². The topological polar surface area (TPSA) is 117 Å². The molecule has 39 heavy (non-hydrogen) atoms. The van der Waals surface area contributed by atoms with E-state index in [9.17, 15) is 14.7 Å². The van der Waals surface area contributed by atoms with Crippen molar-refractivity contribution in [2.75, 3.05) is 26.8 Å². The summed E-state index contributed by atoms with van der Waals surface area (Å²) in [5, 5.41) is 13.3. The molecule has 0 aliphatic carbocycles. The number of aryl methyl sites for hydroxylation is 1. The number of nitrogens with one attached hydrogen (secondary N) is 2. The molecule has 0 spiro atoms. The van der Waals surface area contributed by atoms with Crippen LogP contribution in [0.3, 0.4) is 0 Å². The Morgan fingerprint density at radius 3 is 2.54 bits per heavy atom. The van der Waals surface area contributed by atoms with Gasteiger partial charge in [-0.2, -0.15) is 0 Å². The molecule has 9 nitrogen and oxygen atoms in total. The van der Waals surface area contributed by atoms with Gasteiger partial charge >= 0.3 is 0 Å². The molecule has 2 amide bonds. The van der Waals surface area contributed by atoms with Crippen molar-refractivity contribution in [3.05, 3.63) is 83.4 Å². The number of imidazole rings is 1. The molecule has 2 aromatic carbocycles. The number of hydrogen-bond acceptors (Lipinski definition) is 6. The van der Waals surface area contributed by atoms with Gasteiger partial charge in [0.1, 0.15) is 23.5 Å². The van der Waals surface area contributed by atoms with Crippen molar-refractivity contribution in [1.29, 1.82) is 0 Å². The first-order valence-corrected chi connectivity index (χ1v) is 13.4. The van der Waals surface area contributed by atoms with E-state index in [1.165, 1.54) is 6.33 Å². The number of methoxy groups -OCH3 is 1. The van der Waals surface area contributed by atoms with Crippen LogP contribution >= 0.6 is 0 Å². The highest BCUT2D eigenvalue weighted by Gasteiger charge is 2.49. The molecule has 9 heteroatoms. The zero-order valence-corrected chi connectivity index (χ0v) is 22.9. The molecule has 1 fully saturated rings. The number of ether oxygens (including phenoxy) is 2. The number of aromatic nitrogens is 2. The molecule has 0 unspecified atom stereocenters. The average Bonchev–Trinajstić information content (AvgIpc) is 3.43. The zero-order valence-electron chi connectivity index (χ0n) is 22.9. The number of nitrogens with zero attached hydrogens (tertiary/aromatic N) is 2. The zero-order chi connectivity index (χ0) is 27.8. The van der Waals surface area contributed by atoms with E-state index in [1.807, 2.05) is 36.4 Å². The smallest absolute Gasteiger partial charge is 0.249 e. The molecule has 1 saturated heterocycles. The molecule has 3 aromatic rings. The Morgan fingerprint density at radius 1 is 1.15 bits per heavy atom. The fourth-order valence-electron chi connectivity index (χ4n) is 4.94. The number of unbranched alkanes of at least 4 members (excludes halogenated alkanes) is 1. The van der Waals surface area contributed by atoms with Crippen molar-refractivity contribution < 1.29 is 24.2 Å². The van der Waals surface area contributed by atoms with Gasteiger partial charge in [0.15, 0.2) is 0 Å². The summed E-state index contributed by atoms with van der Waals surface area (Å²) in [5.74, 6) is -0.117. The monoisotopic (exact) mass is 534 g/mol. The van der Waals surface area contributed by atoms with Crippen LogP contribution in [0.15, 0.2) is 61.1 Å². The number of likely N-dealkylation sites (tertiary alicyclic amines) is 1. The average molecular weight is 535 g/mol. The van der Waals surface area contributed by atoms with Gasteiger partial charge in [-0.3, -0.25) is 9.59 Å². The van der Waals surface area contributed by atoms with E-state index in [0.717, 1.165) is 29.5 Å². The minimum atomic E-state index is -1.32. The Morgan fingerprint density at radius 2 is 1.90 bits per heavy atom. The number of amides is 2. The Balaban J connectivity index is 1.51. The summed E-state index contributed by atoms with van der Waals surface area (Å²) in [6, 6.07) is 14.6. The number of hydrogen-bond donors (Lipinski definition) is 3. The summed E-state index contributed by atoms with van der Waals surface area (Å²) in [5.41, 5.74) is 3.11. The van der Waals surface area contributed by atoms with Gasteiger partial charge in [-0.1, -0.05) is 49.7 Å². The van der Waals surface area contributed by atoms with E-state index in [1.54, 1.807) is 18.2 Å². The van der Waals surface area contributed by atoms with Crippen molar-refractivity contribution >= 4 is 11.8 Å². The van der Waals surface area contributed by atoms with Crippen LogP contribution in [0.2, 0.25) is 0 Å². The third-order valence-electron chi connectivity index (χ3n) is 7.20. The fourth-order valence-corrected chi connectivity index (χ4v) is 4.94. The van der Waals surface area contributed by atoms with Gasteiger partial charge in [-0.15, -0.1) is 0 Å². The van der Waals surface area contributed by atoms with Gasteiger partial charge in [0, 0.05) is 31.3 Å². The Bertz CT molecular complexity index is 1220. The Kier molecular flexibility index (Phi) is 9.37. The van der Waals surface area contributed by atoms with E-state index in [-0.39, 0.29) is 18.7 Å². The van der Waals surface area contributed by atoms with Crippen LogP contribution in [-0.4, -0.2) is 70.7 Å². The second-order valence-corrected chi connectivity index (χ2v) is 10.1. The van der Waals surface area contributed by atoms with Crippen LogP contribution in [-0.2, 0) is 32.8 Å². The SMILES string of the molecule is CCCCOC1(c2ccccc2C)CN(C(=O)[C@@H](Cc2ccc(OC)cc2)NC(=O)[C@@H](O)Cc2cnc[nH]2)C1. The molecule has 1 aliphatic heterocycles. The molecule has 0 radical (unpaired) electrons. The summed E-state index contributed by atoms with van der Waals surface area (Å²) in [4.78, 5) is 35.3. The number of rotatable bonds is 13. The fraction of sp³-hybridized carbons (Fsp3) is 0.433. The predicted molar refractivity (Wildman–Crippen MR) is 147 cm³/mol. The van der Waals surface area contributed by atoms with Crippen molar-refractivity contribution in [2.24, 2.45) is 0 Å². The van der Waals surface area contributed by atoms with E-state index in [0.29, 0.717) is 31.1 Å². The van der Waals surface area contributed by atoms with Gasteiger partial charge in [-0.05, 0) is 42.2 Å². The first-order valence-electron chi connectivity index (χ1n) is 13.4. The second kappa shape index (κ2) is 12.9. The van der Waals surface area contributed by atoms with Gasteiger partial charge in [0.05, 0.1) is 26.5 Å². The van der Waals surface area contributed by atoms with E-state index in [4.69, 9.17) is 9.47 Å². The highest BCUT2D eigenvalue weighted by atomic mass is 16.5. The molecule has 3 N–H and O–H groups in total. The minimum Gasteiger partial charge on any atom is -0.497 e. The summed E-state index contributed by atoms with van der Waals surface area (Å²) >= 11 is 0. The lowest BCUT2D eigenvalue weighted by Gasteiger charge is -2.51. The molecular formula is C30H38N4O5. The predicted octanol–water partition coefficient (Wildman–Crippen LogP) is 2.91. The summed E-state index contributed by atoms with van der Waals surface area (Å²) < 4.78 is 11.7. The first-order chi connectivity index (χ1) is 18.8. The molecule has 0 bridgehead atoms. The van der Waals surface area contributed by atoms with Gasteiger partial charge < -0.3 is 29.8 Å². The first kappa shape index (κ1) is 28.3. The number of H-pyrrole nitrogens is 1. The van der Waals surface area contributed by atoms with Crippen LogP contribution in [0, 0.1) is 6.92 Å². The third-order valence-corrected chi connectivity index (χ3v) is 7.20. The van der Waals surface area contributed by atoms with Gasteiger partial charge in [-0.25, -0.2) is 4.98 Å².